The van der Waals surface area contributed by atoms with Crippen LogP contribution in [0.1, 0.15) is 24.5 Å². The molecule has 4 heterocycles. The minimum atomic E-state index is -3.69. The maximum absolute atomic E-state index is 13.0. The van der Waals surface area contributed by atoms with Crippen molar-refractivity contribution in [1.29, 1.82) is 5.26 Å². The molecule has 17 heteroatoms. The highest BCUT2D eigenvalue weighted by Crippen LogP contribution is 2.28. The molecule has 0 amide bonds. The lowest BCUT2D eigenvalue weighted by Crippen LogP contribution is -2.47. The molecule has 0 bridgehead atoms. The van der Waals surface area contributed by atoms with Gasteiger partial charge in [0.15, 0.2) is 5.03 Å². The van der Waals surface area contributed by atoms with Crippen LogP contribution in [0, 0.1) is 17.2 Å². The Morgan fingerprint density at radius 1 is 1.23 bits per heavy atom. The topological polar surface area (TPSA) is 147 Å². The van der Waals surface area contributed by atoms with Crippen molar-refractivity contribution in [3.05, 3.63) is 65.2 Å². The first kappa shape index (κ1) is 30.8. The molecule has 1 aliphatic heterocycles. The van der Waals surface area contributed by atoms with Crippen molar-refractivity contribution < 1.29 is 8.42 Å². The second kappa shape index (κ2) is 12.2. The smallest absolute Gasteiger partial charge is 0.262 e. The molecule has 1 aromatic carbocycles. The number of sulfonamides is 1. The Kier molecular flexibility index (Phi) is 8.71. The zero-order valence-corrected chi connectivity index (χ0v) is 25.1. The molecule has 0 aliphatic carbocycles. The summed E-state index contributed by atoms with van der Waals surface area (Å²) in [5.41, 5.74) is 2.70. The number of rotatable bonds is 9. The van der Waals surface area contributed by atoms with Crippen LogP contribution in [0.5, 0.6) is 0 Å². The molecule has 0 saturated carbocycles. The van der Waals surface area contributed by atoms with Gasteiger partial charge in [0.05, 0.1) is 57.9 Å². The number of halogens is 1. The van der Waals surface area contributed by atoms with Gasteiger partial charge in [0.2, 0.25) is 5.95 Å². The van der Waals surface area contributed by atoms with Gasteiger partial charge in [-0.25, -0.2) is 23.1 Å². The summed E-state index contributed by atoms with van der Waals surface area (Å²) >= 11 is 6.53. The average Bonchev–Trinajstić information content (AvgIpc) is 3.62. The van der Waals surface area contributed by atoms with Crippen molar-refractivity contribution in [2.75, 3.05) is 18.4 Å². The highest BCUT2D eigenvalue weighted by molar-refractivity contribution is 7.89. The van der Waals surface area contributed by atoms with Gasteiger partial charge in [-0.15, -0.1) is 0 Å². The standard InChI is InChI=1S/C26H26B3ClN10O2S/c1-16-14-39(43(41,42)23-6-7-38(2)37-23)8-5-21(16)35-25-32-12-18(10-31)24(36-25)19-13-34-40(15-19)22-4-3-17(9-20(22)30)11-33-26(27,28)29/h3-4,6-7,9,12-13,15-16,21,33H,5,8,11,14H2,1-2H3,(H,32,35,36)/t16-,21+/m1/s1. The zero-order valence-electron chi connectivity index (χ0n) is 23.5. The fraction of sp³-hybridized carbons (Fsp3) is 0.346. The first-order valence-electron chi connectivity index (χ1n) is 13.3. The molecule has 1 saturated heterocycles. The molecule has 214 valence electrons. The number of nitrogens with one attached hydrogen (secondary N) is 2. The number of hydrogen-bond acceptors (Lipinski definition) is 9. The number of hydrogen-bond donors (Lipinski definition) is 2. The van der Waals surface area contributed by atoms with E-state index >= 15 is 0 Å². The maximum Gasteiger partial charge on any atom is 0.262 e. The predicted molar refractivity (Wildman–Crippen MR) is 164 cm³/mol. The third-order valence-electron chi connectivity index (χ3n) is 7.10. The van der Waals surface area contributed by atoms with Crippen molar-refractivity contribution in [3.63, 3.8) is 0 Å². The van der Waals surface area contributed by atoms with E-state index < -0.39 is 15.3 Å². The average molecular weight is 611 g/mol. The number of aryl methyl sites for hydroxylation is 1. The lowest BCUT2D eigenvalue weighted by molar-refractivity contribution is 0.260. The maximum atomic E-state index is 13.0. The highest BCUT2D eigenvalue weighted by Gasteiger charge is 2.35. The van der Waals surface area contributed by atoms with Gasteiger partial charge in [0.25, 0.3) is 10.0 Å². The largest absolute Gasteiger partial charge is 0.351 e. The number of aromatic nitrogens is 6. The molecule has 2 atom stereocenters. The van der Waals surface area contributed by atoms with Crippen LogP contribution >= 0.6 is 11.6 Å². The van der Waals surface area contributed by atoms with Gasteiger partial charge >= 0.3 is 0 Å². The van der Waals surface area contributed by atoms with Crippen molar-refractivity contribution >= 4 is 51.1 Å². The minimum Gasteiger partial charge on any atom is -0.351 e. The lowest BCUT2D eigenvalue weighted by atomic mass is 9.49. The Morgan fingerprint density at radius 2 is 2.02 bits per heavy atom. The molecule has 43 heavy (non-hydrogen) atoms. The fourth-order valence-corrected chi connectivity index (χ4v) is 6.60. The third kappa shape index (κ3) is 6.96. The highest BCUT2D eigenvalue weighted by atomic mass is 35.5. The summed E-state index contributed by atoms with van der Waals surface area (Å²) in [7, 11) is 14.7. The summed E-state index contributed by atoms with van der Waals surface area (Å²) in [5.74, 6) is 0.277. The van der Waals surface area contributed by atoms with Gasteiger partial charge in [0, 0.05) is 50.7 Å². The van der Waals surface area contributed by atoms with Gasteiger partial charge in [-0.3, -0.25) is 4.68 Å². The molecule has 2 N–H and O–H groups in total. The van der Waals surface area contributed by atoms with Gasteiger partial charge in [0.1, 0.15) is 6.07 Å². The number of anilines is 1. The van der Waals surface area contributed by atoms with E-state index in [-0.39, 0.29) is 22.5 Å². The molecular formula is C26H26B3ClN10O2S. The Balaban J connectivity index is 1.31. The van der Waals surface area contributed by atoms with Gasteiger partial charge in [-0.2, -0.15) is 19.8 Å². The van der Waals surface area contributed by atoms with Gasteiger partial charge in [-0.05, 0) is 36.1 Å². The monoisotopic (exact) mass is 610 g/mol. The van der Waals surface area contributed by atoms with Gasteiger partial charge < -0.3 is 10.6 Å². The second-order valence-electron chi connectivity index (χ2n) is 10.5. The van der Waals surface area contributed by atoms with E-state index in [0.717, 1.165) is 5.56 Å². The van der Waals surface area contributed by atoms with Crippen LogP contribution < -0.4 is 10.6 Å². The Labute approximate surface area is 259 Å². The number of piperidine rings is 1. The van der Waals surface area contributed by atoms with Crippen LogP contribution in [-0.2, 0) is 23.6 Å². The van der Waals surface area contributed by atoms with E-state index in [1.807, 2.05) is 13.0 Å². The van der Waals surface area contributed by atoms with Crippen LogP contribution in [0.15, 0.2) is 54.1 Å². The molecule has 0 unspecified atom stereocenters. The zero-order chi connectivity index (χ0) is 30.9. The first-order chi connectivity index (χ1) is 20.3. The number of nitriles is 1. The molecule has 3 aromatic heterocycles. The van der Waals surface area contributed by atoms with Crippen molar-refractivity contribution in [1.82, 2.24) is 39.2 Å². The molecule has 12 nitrogen and oxygen atoms in total. The minimum absolute atomic E-state index is 0.0318. The van der Waals surface area contributed by atoms with Crippen LogP contribution in [0.25, 0.3) is 16.9 Å². The Hall–Kier alpha value is -3.64. The van der Waals surface area contributed by atoms with Crippen LogP contribution in [0.2, 0.25) is 5.02 Å². The molecule has 0 spiro atoms. The van der Waals surface area contributed by atoms with Crippen LogP contribution in [0.3, 0.4) is 0 Å². The Bertz CT molecular complexity index is 1780. The summed E-state index contributed by atoms with van der Waals surface area (Å²) in [6, 6.07) is 8.92. The summed E-state index contributed by atoms with van der Waals surface area (Å²) in [6.45, 7) is 2.91. The molecule has 1 fully saturated rings. The normalized spacial score (nSPS) is 17.9. The molecule has 1 aliphatic rings. The van der Waals surface area contributed by atoms with E-state index in [1.54, 1.807) is 42.5 Å². The lowest BCUT2D eigenvalue weighted by Gasteiger charge is -2.36. The first-order valence-corrected chi connectivity index (χ1v) is 15.1. The van der Waals surface area contributed by atoms with Gasteiger partial charge in [-0.1, -0.05) is 29.8 Å². The third-order valence-corrected chi connectivity index (χ3v) is 9.16. The van der Waals surface area contributed by atoms with Crippen molar-refractivity contribution in [2.24, 2.45) is 13.0 Å². The number of nitrogens with zero attached hydrogens (tertiary/aromatic N) is 8. The molecule has 4 aromatic rings. The van der Waals surface area contributed by atoms with E-state index in [0.29, 0.717) is 54.0 Å². The summed E-state index contributed by atoms with van der Waals surface area (Å²) in [4.78, 5) is 8.97. The second-order valence-corrected chi connectivity index (χ2v) is 12.8. The molecular weight excluding hydrogens is 584 g/mol. The summed E-state index contributed by atoms with van der Waals surface area (Å²) in [5, 5.41) is 23.3. The fourth-order valence-electron chi connectivity index (χ4n) is 4.80. The number of benzene rings is 1. The van der Waals surface area contributed by atoms with E-state index in [2.05, 4.69) is 36.9 Å². The summed E-state index contributed by atoms with van der Waals surface area (Å²) in [6.07, 6.45) is 6.91. The molecule has 5 rings (SSSR count). The van der Waals surface area contributed by atoms with E-state index in [4.69, 9.17) is 35.1 Å². The summed E-state index contributed by atoms with van der Waals surface area (Å²) < 4.78 is 30.6. The van der Waals surface area contributed by atoms with Crippen LogP contribution in [0.4, 0.5) is 5.95 Å². The van der Waals surface area contributed by atoms with E-state index in [9.17, 15) is 13.7 Å². The van der Waals surface area contributed by atoms with Crippen molar-refractivity contribution in [2.45, 2.75) is 36.2 Å². The SMILES string of the molecule is [B]C([B])([B])NCc1ccc(-n2cc(-c3nc(N[C@H]4CCN(S(=O)(=O)c5ccn(C)n5)C[C@H]4C)ncc3C#N)cn2)c(Cl)c1. The van der Waals surface area contributed by atoms with Crippen molar-refractivity contribution in [3.8, 4) is 23.0 Å². The molecule has 6 radical (unpaired) electrons. The predicted octanol–water partition coefficient (Wildman–Crippen LogP) is 1.31. The Morgan fingerprint density at radius 3 is 2.67 bits per heavy atom. The van der Waals surface area contributed by atoms with Crippen LogP contribution in [-0.4, -0.2) is 90.2 Å². The van der Waals surface area contributed by atoms with E-state index in [1.165, 1.54) is 21.3 Å². The quantitative estimate of drug-likeness (QED) is 0.268.